The van der Waals surface area contributed by atoms with Crippen LogP contribution in [0.2, 0.25) is 0 Å². The maximum atomic E-state index is 13.0. The van der Waals surface area contributed by atoms with Gasteiger partial charge in [0.2, 0.25) is 0 Å². The Bertz CT molecular complexity index is 946. The van der Waals surface area contributed by atoms with Gasteiger partial charge in [-0.2, -0.15) is 0 Å². The van der Waals surface area contributed by atoms with Crippen molar-refractivity contribution < 1.29 is 27.1 Å². The molecule has 0 aliphatic rings. The summed E-state index contributed by atoms with van der Waals surface area (Å²) in [4.78, 5) is 11.9. The number of hydrogen-bond acceptors (Lipinski definition) is 5. The first-order valence-corrected chi connectivity index (χ1v) is 11.1. The van der Waals surface area contributed by atoms with E-state index in [1.54, 1.807) is 6.92 Å². The van der Waals surface area contributed by atoms with Gasteiger partial charge in [0.15, 0.2) is 6.61 Å². The van der Waals surface area contributed by atoms with Crippen molar-refractivity contribution in [2.45, 2.75) is 38.2 Å². The molecule has 1 amide bonds. The van der Waals surface area contributed by atoms with Crippen LogP contribution in [0.25, 0.3) is 0 Å². The third-order valence-corrected chi connectivity index (χ3v) is 5.39. The van der Waals surface area contributed by atoms with Gasteiger partial charge in [-0.15, -0.1) is 0 Å². The number of carbonyl (C=O) groups is 1. The van der Waals surface area contributed by atoms with Gasteiger partial charge >= 0.3 is 0 Å². The summed E-state index contributed by atoms with van der Waals surface area (Å²) in [6.07, 6.45) is 0.862. The highest BCUT2D eigenvalue weighted by Crippen LogP contribution is 2.23. The molecule has 0 aromatic heterocycles. The fourth-order valence-electron chi connectivity index (χ4n) is 2.50. The Balaban J connectivity index is 1.88. The first-order chi connectivity index (χ1) is 14.2. The van der Waals surface area contributed by atoms with E-state index in [1.165, 1.54) is 42.5 Å². The van der Waals surface area contributed by atoms with Gasteiger partial charge < -0.3 is 14.8 Å². The number of ether oxygens (including phenoxy) is 2. The molecular formula is C21H27FN2O5S. The number of benzene rings is 2. The van der Waals surface area contributed by atoms with Crippen molar-refractivity contribution in [1.82, 2.24) is 5.32 Å². The van der Waals surface area contributed by atoms with Crippen LogP contribution in [0.3, 0.4) is 0 Å². The predicted octanol–water partition coefficient (Wildman–Crippen LogP) is 3.25. The van der Waals surface area contributed by atoms with E-state index in [0.717, 1.165) is 0 Å². The highest BCUT2D eigenvalue weighted by atomic mass is 32.2. The van der Waals surface area contributed by atoms with Crippen LogP contribution in [-0.4, -0.2) is 40.2 Å². The molecule has 0 spiro atoms. The van der Waals surface area contributed by atoms with Gasteiger partial charge in [0.1, 0.15) is 11.6 Å². The predicted molar refractivity (Wildman–Crippen MR) is 113 cm³/mol. The van der Waals surface area contributed by atoms with Crippen LogP contribution in [0.5, 0.6) is 5.75 Å². The lowest BCUT2D eigenvalue weighted by Crippen LogP contribution is -2.30. The molecule has 0 heterocycles. The quantitative estimate of drug-likeness (QED) is 0.526. The smallest absolute Gasteiger partial charge is 0.261 e. The van der Waals surface area contributed by atoms with E-state index < -0.39 is 15.8 Å². The Morgan fingerprint density at radius 2 is 1.83 bits per heavy atom. The lowest BCUT2D eigenvalue weighted by Gasteiger charge is -2.12. The van der Waals surface area contributed by atoms with Crippen LogP contribution in [0, 0.1) is 12.7 Å². The molecule has 0 radical (unpaired) electrons. The van der Waals surface area contributed by atoms with E-state index in [0.29, 0.717) is 30.9 Å². The van der Waals surface area contributed by atoms with E-state index in [4.69, 9.17) is 9.47 Å². The standard InChI is InChI=1S/C21H27FN2O5S/c1-15(2)28-12-4-11-23-21(25)14-29-20-10-9-19(13-16(20)3)30(26,27)24-18-7-5-17(22)6-8-18/h5-10,13,15,24H,4,11-12,14H2,1-3H3,(H,23,25). The van der Waals surface area contributed by atoms with Crippen molar-refractivity contribution in [3.63, 3.8) is 0 Å². The maximum absolute atomic E-state index is 13.0. The number of carbonyl (C=O) groups excluding carboxylic acids is 1. The number of rotatable bonds is 11. The third kappa shape index (κ3) is 7.64. The summed E-state index contributed by atoms with van der Waals surface area (Å²) in [6.45, 7) is 6.47. The van der Waals surface area contributed by atoms with E-state index in [-0.39, 0.29) is 29.2 Å². The number of anilines is 1. The number of nitrogens with one attached hydrogen (secondary N) is 2. The number of hydrogen-bond donors (Lipinski definition) is 2. The summed E-state index contributed by atoms with van der Waals surface area (Å²) in [5.41, 5.74) is 0.819. The Morgan fingerprint density at radius 3 is 2.47 bits per heavy atom. The zero-order valence-electron chi connectivity index (χ0n) is 17.3. The molecule has 2 aromatic rings. The lowest BCUT2D eigenvalue weighted by atomic mass is 10.2. The minimum atomic E-state index is -3.84. The van der Waals surface area contributed by atoms with Crippen LogP contribution < -0.4 is 14.8 Å². The molecule has 0 aliphatic carbocycles. The zero-order chi connectivity index (χ0) is 22.1. The molecule has 0 saturated carbocycles. The lowest BCUT2D eigenvalue weighted by molar-refractivity contribution is -0.123. The van der Waals surface area contributed by atoms with Crippen LogP contribution in [0.15, 0.2) is 47.4 Å². The van der Waals surface area contributed by atoms with Crippen molar-refractivity contribution in [1.29, 1.82) is 0 Å². The van der Waals surface area contributed by atoms with Gasteiger partial charge in [-0.1, -0.05) is 0 Å². The molecule has 0 fully saturated rings. The summed E-state index contributed by atoms with van der Waals surface area (Å²) in [5, 5.41) is 2.74. The number of aryl methyl sites for hydroxylation is 1. The van der Waals surface area contributed by atoms with Crippen LogP contribution in [0.1, 0.15) is 25.8 Å². The molecule has 164 valence electrons. The molecule has 30 heavy (non-hydrogen) atoms. The Kier molecular flexibility index (Phi) is 8.61. The van der Waals surface area contributed by atoms with Crippen LogP contribution in [-0.2, 0) is 19.6 Å². The van der Waals surface area contributed by atoms with E-state index >= 15 is 0 Å². The van der Waals surface area contributed by atoms with Gasteiger partial charge in [-0.3, -0.25) is 9.52 Å². The zero-order valence-corrected chi connectivity index (χ0v) is 18.1. The number of sulfonamides is 1. The van der Waals surface area contributed by atoms with Crippen molar-refractivity contribution in [3.05, 3.63) is 53.8 Å². The largest absolute Gasteiger partial charge is 0.484 e. The first-order valence-electron chi connectivity index (χ1n) is 9.57. The summed E-state index contributed by atoms with van der Waals surface area (Å²) in [5.74, 6) is -0.314. The highest BCUT2D eigenvalue weighted by Gasteiger charge is 2.16. The fraction of sp³-hybridized carbons (Fsp3) is 0.381. The highest BCUT2D eigenvalue weighted by molar-refractivity contribution is 7.92. The van der Waals surface area contributed by atoms with Gasteiger partial charge in [-0.25, -0.2) is 12.8 Å². The number of halogens is 1. The first kappa shape index (κ1) is 23.6. The Labute approximate surface area is 176 Å². The summed E-state index contributed by atoms with van der Waals surface area (Å²) in [6, 6.07) is 9.34. The summed E-state index contributed by atoms with van der Waals surface area (Å²) < 4.78 is 51.3. The topological polar surface area (TPSA) is 93.7 Å². The second-order valence-corrected chi connectivity index (χ2v) is 8.63. The van der Waals surface area contributed by atoms with Gasteiger partial charge in [-0.05, 0) is 75.2 Å². The van der Waals surface area contributed by atoms with Gasteiger partial charge in [0, 0.05) is 18.8 Å². The normalized spacial score (nSPS) is 11.4. The Morgan fingerprint density at radius 1 is 1.13 bits per heavy atom. The molecule has 9 heteroatoms. The molecule has 2 rings (SSSR count). The molecule has 0 atom stereocenters. The molecule has 2 aromatic carbocycles. The summed E-state index contributed by atoms with van der Waals surface area (Å²) in [7, 11) is -3.84. The third-order valence-electron chi connectivity index (χ3n) is 4.01. The molecule has 0 unspecified atom stereocenters. The SMILES string of the molecule is Cc1cc(S(=O)(=O)Nc2ccc(F)cc2)ccc1OCC(=O)NCCCOC(C)C. The summed E-state index contributed by atoms with van der Waals surface area (Å²) >= 11 is 0. The molecule has 2 N–H and O–H groups in total. The Hall–Kier alpha value is -2.65. The average Bonchev–Trinajstić information content (AvgIpc) is 2.68. The molecule has 7 nitrogen and oxygen atoms in total. The second-order valence-electron chi connectivity index (χ2n) is 6.95. The molecular weight excluding hydrogens is 411 g/mol. The molecule has 0 bridgehead atoms. The minimum Gasteiger partial charge on any atom is -0.484 e. The van der Waals surface area contributed by atoms with Gasteiger partial charge in [0.05, 0.1) is 11.0 Å². The minimum absolute atomic E-state index is 0.0336. The molecule has 0 aliphatic heterocycles. The van der Waals surface area contributed by atoms with Gasteiger partial charge in [0.25, 0.3) is 15.9 Å². The van der Waals surface area contributed by atoms with Crippen LogP contribution >= 0.6 is 0 Å². The second kappa shape index (κ2) is 10.9. The molecule has 0 saturated heterocycles. The van der Waals surface area contributed by atoms with Crippen molar-refractivity contribution in [2.24, 2.45) is 0 Å². The van der Waals surface area contributed by atoms with Crippen molar-refractivity contribution in [2.75, 3.05) is 24.5 Å². The van der Waals surface area contributed by atoms with Crippen molar-refractivity contribution in [3.8, 4) is 5.75 Å². The fourth-order valence-corrected chi connectivity index (χ4v) is 3.64. The van der Waals surface area contributed by atoms with Crippen LogP contribution in [0.4, 0.5) is 10.1 Å². The van der Waals surface area contributed by atoms with E-state index in [1.807, 2.05) is 13.8 Å². The van der Waals surface area contributed by atoms with Crippen molar-refractivity contribution >= 4 is 21.6 Å². The van der Waals surface area contributed by atoms with E-state index in [2.05, 4.69) is 10.0 Å². The maximum Gasteiger partial charge on any atom is 0.261 e. The average molecular weight is 439 g/mol. The van der Waals surface area contributed by atoms with E-state index in [9.17, 15) is 17.6 Å². The monoisotopic (exact) mass is 438 g/mol. The number of amides is 1.